The summed E-state index contributed by atoms with van der Waals surface area (Å²) in [6.45, 7) is 3.95. The van der Waals surface area contributed by atoms with Crippen LogP contribution in [0.5, 0.6) is 0 Å². The van der Waals surface area contributed by atoms with E-state index in [2.05, 4.69) is 4.98 Å². The number of alkyl halides is 1. The van der Waals surface area contributed by atoms with Gasteiger partial charge in [0.15, 0.2) is 0 Å². The largest absolute Gasteiger partial charge is 0.301 e. The van der Waals surface area contributed by atoms with Crippen LogP contribution in [0.2, 0.25) is 5.02 Å². The second-order valence-electron chi connectivity index (χ2n) is 3.31. The van der Waals surface area contributed by atoms with Crippen molar-refractivity contribution >= 4 is 41.3 Å². The number of halogens is 3. The van der Waals surface area contributed by atoms with E-state index in [0.717, 1.165) is 22.6 Å². The van der Waals surface area contributed by atoms with Crippen LogP contribution in [0, 0.1) is 13.8 Å². The van der Waals surface area contributed by atoms with Crippen LogP contribution in [0.1, 0.15) is 17.0 Å². The zero-order valence-electron chi connectivity index (χ0n) is 8.42. The summed E-state index contributed by atoms with van der Waals surface area (Å²) >= 11 is 11.8. The van der Waals surface area contributed by atoms with Gasteiger partial charge in [0.05, 0.1) is 22.3 Å². The minimum atomic E-state index is 0. The van der Waals surface area contributed by atoms with E-state index in [1.165, 1.54) is 0 Å². The topological polar surface area (TPSA) is 17.3 Å². The SMILES string of the molecule is Cc1nc2c(C)cc(Cl)cn2c1CCl.Cl. The monoisotopic (exact) mass is 264 g/mol. The zero-order valence-corrected chi connectivity index (χ0v) is 10.7. The second-order valence-corrected chi connectivity index (χ2v) is 4.02. The molecule has 2 aromatic heterocycles. The molecule has 0 bridgehead atoms. The van der Waals surface area contributed by atoms with Crippen molar-refractivity contribution in [1.29, 1.82) is 0 Å². The Balaban J connectivity index is 0.00000112. The summed E-state index contributed by atoms with van der Waals surface area (Å²) in [5.74, 6) is 0.451. The molecule has 0 saturated carbocycles. The van der Waals surface area contributed by atoms with Crippen LogP contribution in [0.25, 0.3) is 5.65 Å². The Labute approximate surface area is 105 Å². The van der Waals surface area contributed by atoms with Gasteiger partial charge in [-0.15, -0.1) is 24.0 Å². The molecule has 0 amide bonds. The number of hydrogen-bond acceptors (Lipinski definition) is 1. The Kier molecular flexibility index (Phi) is 3.87. The van der Waals surface area contributed by atoms with Gasteiger partial charge in [-0.05, 0) is 25.5 Å². The summed E-state index contributed by atoms with van der Waals surface area (Å²) in [5.41, 5.74) is 3.97. The molecule has 0 fully saturated rings. The Bertz CT molecular complexity index is 491. The molecule has 0 unspecified atom stereocenters. The Morgan fingerprint density at radius 2 is 2.07 bits per heavy atom. The van der Waals surface area contributed by atoms with E-state index in [4.69, 9.17) is 23.2 Å². The fourth-order valence-corrected chi connectivity index (χ4v) is 2.17. The minimum absolute atomic E-state index is 0. The number of rotatable bonds is 1. The molecule has 2 rings (SSSR count). The highest BCUT2D eigenvalue weighted by molar-refractivity contribution is 6.30. The molecule has 5 heteroatoms. The van der Waals surface area contributed by atoms with Gasteiger partial charge in [-0.2, -0.15) is 0 Å². The van der Waals surface area contributed by atoms with Gasteiger partial charge in [0.2, 0.25) is 0 Å². The number of pyridine rings is 1. The van der Waals surface area contributed by atoms with Crippen molar-refractivity contribution in [3.8, 4) is 0 Å². The maximum Gasteiger partial charge on any atom is 0.140 e. The van der Waals surface area contributed by atoms with Crippen molar-refractivity contribution in [1.82, 2.24) is 9.38 Å². The van der Waals surface area contributed by atoms with Crippen molar-refractivity contribution < 1.29 is 0 Å². The summed E-state index contributed by atoms with van der Waals surface area (Å²) in [6.07, 6.45) is 1.85. The summed E-state index contributed by atoms with van der Waals surface area (Å²) in [7, 11) is 0. The fraction of sp³-hybridized carbons (Fsp3) is 0.300. The Morgan fingerprint density at radius 3 is 2.67 bits per heavy atom. The van der Waals surface area contributed by atoms with Crippen LogP contribution in [0.15, 0.2) is 12.3 Å². The highest BCUT2D eigenvalue weighted by Crippen LogP contribution is 2.20. The molecule has 15 heavy (non-hydrogen) atoms. The van der Waals surface area contributed by atoms with E-state index >= 15 is 0 Å². The summed E-state index contributed by atoms with van der Waals surface area (Å²) in [4.78, 5) is 4.44. The second kappa shape index (κ2) is 4.60. The molecule has 0 aromatic carbocycles. The Morgan fingerprint density at radius 1 is 1.40 bits per heavy atom. The number of aromatic nitrogens is 2. The van der Waals surface area contributed by atoms with Crippen molar-refractivity contribution in [2.75, 3.05) is 0 Å². The highest BCUT2D eigenvalue weighted by Gasteiger charge is 2.09. The van der Waals surface area contributed by atoms with Gasteiger partial charge >= 0.3 is 0 Å². The van der Waals surface area contributed by atoms with Gasteiger partial charge < -0.3 is 4.40 Å². The summed E-state index contributed by atoms with van der Waals surface area (Å²) < 4.78 is 1.96. The molecule has 0 saturated heterocycles. The third-order valence-corrected chi connectivity index (χ3v) is 2.76. The van der Waals surface area contributed by atoms with Gasteiger partial charge in [0.25, 0.3) is 0 Å². The lowest BCUT2D eigenvalue weighted by Gasteiger charge is -2.01. The van der Waals surface area contributed by atoms with E-state index in [-0.39, 0.29) is 12.4 Å². The molecule has 0 aliphatic rings. The van der Waals surface area contributed by atoms with E-state index in [0.29, 0.717) is 10.9 Å². The van der Waals surface area contributed by atoms with E-state index in [9.17, 15) is 0 Å². The lowest BCUT2D eigenvalue weighted by Crippen LogP contribution is -1.92. The molecule has 0 spiro atoms. The Hall–Kier alpha value is -0.440. The van der Waals surface area contributed by atoms with Crippen molar-refractivity contribution in [3.05, 3.63) is 34.2 Å². The van der Waals surface area contributed by atoms with Crippen LogP contribution in [-0.2, 0) is 5.88 Å². The lowest BCUT2D eigenvalue weighted by molar-refractivity contribution is 1.07. The predicted octanol–water partition coefficient (Wildman–Crippen LogP) is 3.77. The molecule has 0 N–H and O–H groups in total. The van der Waals surface area contributed by atoms with Gasteiger partial charge in [-0.3, -0.25) is 0 Å². The third kappa shape index (κ3) is 2.07. The number of hydrogen-bond donors (Lipinski definition) is 0. The molecule has 2 nitrogen and oxygen atoms in total. The highest BCUT2D eigenvalue weighted by atomic mass is 35.5. The first-order chi connectivity index (χ1) is 6.63. The standard InChI is InChI=1S/C10H10Cl2N2.ClH/c1-6-3-8(12)5-14-9(4-11)7(2)13-10(6)14;/h3,5H,4H2,1-2H3;1H. The first-order valence-corrected chi connectivity index (χ1v) is 5.24. The number of imidazole rings is 1. The van der Waals surface area contributed by atoms with Gasteiger partial charge in [-0.1, -0.05) is 11.6 Å². The molecule has 0 aliphatic carbocycles. The maximum atomic E-state index is 5.97. The average molecular weight is 266 g/mol. The van der Waals surface area contributed by atoms with Crippen LogP contribution in [-0.4, -0.2) is 9.38 Å². The lowest BCUT2D eigenvalue weighted by atomic mass is 10.3. The smallest absolute Gasteiger partial charge is 0.140 e. The zero-order chi connectivity index (χ0) is 10.3. The molecule has 82 valence electrons. The molecule has 0 radical (unpaired) electrons. The van der Waals surface area contributed by atoms with Crippen molar-refractivity contribution in [3.63, 3.8) is 0 Å². The molecular weight excluding hydrogens is 254 g/mol. The first kappa shape index (κ1) is 12.6. The van der Waals surface area contributed by atoms with Crippen LogP contribution < -0.4 is 0 Å². The van der Waals surface area contributed by atoms with E-state index in [1.54, 1.807) is 0 Å². The van der Waals surface area contributed by atoms with Gasteiger partial charge in [0.1, 0.15) is 5.65 Å². The number of nitrogens with zero attached hydrogens (tertiary/aromatic N) is 2. The quantitative estimate of drug-likeness (QED) is 0.718. The maximum absolute atomic E-state index is 5.97. The van der Waals surface area contributed by atoms with Crippen LogP contribution in [0.3, 0.4) is 0 Å². The minimum Gasteiger partial charge on any atom is -0.301 e. The van der Waals surface area contributed by atoms with Gasteiger partial charge in [-0.25, -0.2) is 4.98 Å². The molecule has 2 aromatic rings. The third-order valence-electron chi connectivity index (χ3n) is 2.30. The van der Waals surface area contributed by atoms with Gasteiger partial charge in [0, 0.05) is 6.20 Å². The molecule has 0 aliphatic heterocycles. The fourth-order valence-electron chi connectivity index (χ4n) is 1.59. The average Bonchev–Trinajstić information content (AvgIpc) is 2.41. The molecule has 0 atom stereocenters. The van der Waals surface area contributed by atoms with E-state index in [1.807, 2.05) is 30.5 Å². The van der Waals surface area contributed by atoms with Crippen molar-refractivity contribution in [2.24, 2.45) is 0 Å². The molecular formula is C10H11Cl3N2. The molecule has 2 heterocycles. The number of fused-ring (bicyclic) bond motifs is 1. The predicted molar refractivity (Wildman–Crippen MR) is 66.5 cm³/mol. The summed E-state index contributed by atoms with van der Waals surface area (Å²) in [5, 5.41) is 0.707. The van der Waals surface area contributed by atoms with Crippen LogP contribution in [0.4, 0.5) is 0 Å². The van der Waals surface area contributed by atoms with Crippen molar-refractivity contribution in [2.45, 2.75) is 19.7 Å². The van der Waals surface area contributed by atoms with E-state index < -0.39 is 0 Å². The first-order valence-electron chi connectivity index (χ1n) is 4.33. The normalized spacial score (nSPS) is 10.4. The summed E-state index contributed by atoms with van der Waals surface area (Å²) in [6, 6.07) is 1.90. The van der Waals surface area contributed by atoms with Crippen LogP contribution >= 0.6 is 35.6 Å². The number of aryl methyl sites for hydroxylation is 2.